The summed E-state index contributed by atoms with van der Waals surface area (Å²) in [5, 5.41) is 11.7. The van der Waals surface area contributed by atoms with Gasteiger partial charge in [0.15, 0.2) is 0 Å². The molecule has 1 amide bonds. The summed E-state index contributed by atoms with van der Waals surface area (Å²) >= 11 is 0. The summed E-state index contributed by atoms with van der Waals surface area (Å²) in [6, 6.07) is 9.09. The van der Waals surface area contributed by atoms with E-state index >= 15 is 0 Å². The molecule has 0 saturated carbocycles. The lowest BCUT2D eigenvalue weighted by atomic mass is 10.2. The molecule has 0 fully saturated rings. The Labute approximate surface area is 110 Å². The number of nitrogens with one attached hydrogen (secondary N) is 2. The Morgan fingerprint density at radius 3 is 2.84 bits per heavy atom. The quantitative estimate of drug-likeness (QED) is 0.641. The van der Waals surface area contributed by atoms with Gasteiger partial charge in [0, 0.05) is 30.8 Å². The van der Waals surface area contributed by atoms with Crippen molar-refractivity contribution in [2.24, 2.45) is 0 Å². The van der Waals surface area contributed by atoms with Gasteiger partial charge < -0.3 is 10.3 Å². The van der Waals surface area contributed by atoms with E-state index in [4.69, 9.17) is 5.26 Å². The lowest BCUT2D eigenvalue weighted by molar-refractivity contribution is -0.117. The second-order valence-corrected chi connectivity index (χ2v) is 3.83. The molecule has 5 heteroatoms. The van der Waals surface area contributed by atoms with E-state index in [1.807, 2.05) is 6.07 Å². The number of H-pyrrole nitrogens is 1. The molecule has 2 heterocycles. The highest BCUT2D eigenvalue weighted by Gasteiger charge is 2.08. The Morgan fingerprint density at radius 1 is 1.42 bits per heavy atom. The number of amides is 1. The molecule has 0 spiro atoms. The molecule has 0 radical (unpaired) electrons. The number of rotatable bonds is 4. The van der Waals surface area contributed by atoms with Gasteiger partial charge in [0.2, 0.25) is 0 Å². The first-order valence-corrected chi connectivity index (χ1v) is 5.72. The first kappa shape index (κ1) is 12.6. The van der Waals surface area contributed by atoms with E-state index in [0.29, 0.717) is 6.54 Å². The molecular weight excluding hydrogens is 240 g/mol. The monoisotopic (exact) mass is 252 g/mol. The smallest absolute Gasteiger partial charge is 0.262 e. The van der Waals surface area contributed by atoms with Gasteiger partial charge >= 0.3 is 0 Å². The van der Waals surface area contributed by atoms with Crippen molar-refractivity contribution in [2.75, 3.05) is 0 Å². The zero-order valence-corrected chi connectivity index (χ0v) is 10.1. The number of hydrogen-bond donors (Lipinski definition) is 2. The summed E-state index contributed by atoms with van der Waals surface area (Å²) < 4.78 is 0. The van der Waals surface area contributed by atoms with Crippen LogP contribution in [0.5, 0.6) is 0 Å². The number of carbonyl (C=O) groups is 1. The van der Waals surface area contributed by atoms with Crippen molar-refractivity contribution in [3.05, 3.63) is 59.7 Å². The zero-order chi connectivity index (χ0) is 13.5. The predicted molar refractivity (Wildman–Crippen MR) is 70.5 cm³/mol. The van der Waals surface area contributed by atoms with Gasteiger partial charge in [-0.05, 0) is 35.9 Å². The number of hydrogen-bond acceptors (Lipinski definition) is 3. The summed E-state index contributed by atoms with van der Waals surface area (Å²) in [5.74, 6) is -0.395. The van der Waals surface area contributed by atoms with Crippen LogP contribution >= 0.6 is 0 Å². The Balaban J connectivity index is 2.01. The third-order valence-electron chi connectivity index (χ3n) is 2.49. The van der Waals surface area contributed by atoms with Gasteiger partial charge in [-0.2, -0.15) is 5.26 Å². The second kappa shape index (κ2) is 6.17. The molecule has 0 bridgehead atoms. The minimum Gasteiger partial charge on any atom is -0.362 e. The van der Waals surface area contributed by atoms with Gasteiger partial charge in [-0.15, -0.1) is 0 Å². The molecule has 2 aromatic rings. The number of aromatic nitrogens is 2. The van der Waals surface area contributed by atoms with Gasteiger partial charge in [0.1, 0.15) is 11.6 Å². The molecule has 0 aliphatic rings. The molecule has 0 aliphatic carbocycles. The van der Waals surface area contributed by atoms with Crippen molar-refractivity contribution in [3.63, 3.8) is 0 Å². The Bertz CT molecular complexity index is 609. The average Bonchev–Trinajstić information content (AvgIpc) is 2.96. The third kappa shape index (κ3) is 3.54. The van der Waals surface area contributed by atoms with Crippen LogP contribution in [-0.4, -0.2) is 15.9 Å². The van der Waals surface area contributed by atoms with Crippen LogP contribution in [0.1, 0.15) is 11.3 Å². The molecular formula is C14H12N4O. The third-order valence-corrected chi connectivity index (χ3v) is 2.49. The Morgan fingerprint density at radius 2 is 2.21 bits per heavy atom. The summed E-state index contributed by atoms with van der Waals surface area (Å²) in [4.78, 5) is 18.7. The first-order valence-electron chi connectivity index (χ1n) is 5.72. The normalized spacial score (nSPS) is 10.8. The molecule has 0 saturated heterocycles. The standard InChI is InChI=1S/C14H12N4O/c15-9-12(8-13-2-1-5-17-13)14(19)18-10-11-3-6-16-7-4-11/h1-8,17H,10H2,(H,18,19)/b12-8+. The fourth-order valence-electron chi connectivity index (χ4n) is 1.52. The summed E-state index contributed by atoms with van der Waals surface area (Å²) in [5.41, 5.74) is 1.72. The number of pyridine rings is 1. The van der Waals surface area contributed by atoms with E-state index in [0.717, 1.165) is 11.3 Å². The highest BCUT2D eigenvalue weighted by molar-refractivity contribution is 6.01. The molecule has 0 aromatic carbocycles. The molecule has 2 aromatic heterocycles. The largest absolute Gasteiger partial charge is 0.362 e. The number of aromatic amines is 1. The van der Waals surface area contributed by atoms with Crippen LogP contribution < -0.4 is 5.32 Å². The van der Waals surface area contributed by atoms with E-state index in [2.05, 4.69) is 15.3 Å². The molecule has 2 rings (SSSR count). The average molecular weight is 252 g/mol. The SMILES string of the molecule is N#C/C(=C\c1ccc[nH]1)C(=O)NCc1ccncc1. The lowest BCUT2D eigenvalue weighted by Gasteiger charge is -2.03. The van der Waals surface area contributed by atoms with Crippen molar-refractivity contribution in [1.29, 1.82) is 5.26 Å². The number of nitriles is 1. The van der Waals surface area contributed by atoms with E-state index < -0.39 is 5.91 Å². The maximum atomic E-state index is 11.8. The predicted octanol–water partition coefficient (Wildman–Crippen LogP) is 1.63. The molecule has 0 atom stereocenters. The fourth-order valence-corrected chi connectivity index (χ4v) is 1.52. The van der Waals surface area contributed by atoms with Gasteiger partial charge in [-0.1, -0.05) is 0 Å². The van der Waals surface area contributed by atoms with Crippen LogP contribution in [0.15, 0.2) is 48.4 Å². The van der Waals surface area contributed by atoms with Gasteiger partial charge in [-0.25, -0.2) is 0 Å². The molecule has 2 N–H and O–H groups in total. The molecule has 94 valence electrons. The summed E-state index contributed by atoms with van der Waals surface area (Å²) in [6.07, 6.45) is 6.56. The van der Waals surface area contributed by atoms with Crippen LogP contribution in [0.25, 0.3) is 6.08 Å². The van der Waals surface area contributed by atoms with Crippen molar-refractivity contribution in [3.8, 4) is 6.07 Å². The topological polar surface area (TPSA) is 81.6 Å². The maximum Gasteiger partial charge on any atom is 0.262 e. The number of nitrogens with zero attached hydrogens (tertiary/aromatic N) is 2. The minimum absolute atomic E-state index is 0.0662. The Kier molecular flexibility index (Phi) is 4.09. The van der Waals surface area contributed by atoms with Crippen LogP contribution in [-0.2, 0) is 11.3 Å². The molecule has 5 nitrogen and oxygen atoms in total. The van der Waals surface area contributed by atoms with Gasteiger partial charge in [0.05, 0.1) is 0 Å². The van der Waals surface area contributed by atoms with Gasteiger partial charge in [-0.3, -0.25) is 9.78 Å². The number of carbonyl (C=O) groups excluding carboxylic acids is 1. The minimum atomic E-state index is -0.395. The van der Waals surface area contributed by atoms with E-state index in [9.17, 15) is 4.79 Å². The van der Waals surface area contributed by atoms with Crippen molar-refractivity contribution < 1.29 is 4.79 Å². The zero-order valence-electron chi connectivity index (χ0n) is 10.1. The van der Waals surface area contributed by atoms with Crippen molar-refractivity contribution in [2.45, 2.75) is 6.54 Å². The maximum absolute atomic E-state index is 11.8. The highest BCUT2D eigenvalue weighted by Crippen LogP contribution is 2.04. The van der Waals surface area contributed by atoms with Crippen LogP contribution in [0.2, 0.25) is 0 Å². The summed E-state index contributed by atoms with van der Waals surface area (Å²) in [7, 11) is 0. The summed E-state index contributed by atoms with van der Waals surface area (Å²) in [6.45, 7) is 0.366. The lowest BCUT2D eigenvalue weighted by Crippen LogP contribution is -2.23. The Hall–Kier alpha value is -2.87. The van der Waals surface area contributed by atoms with Crippen molar-refractivity contribution >= 4 is 12.0 Å². The second-order valence-electron chi connectivity index (χ2n) is 3.83. The van der Waals surface area contributed by atoms with Crippen molar-refractivity contribution in [1.82, 2.24) is 15.3 Å². The van der Waals surface area contributed by atoms with E-state index in [1.165, 1.54) is 6.08 Å². The first-order chi connectivity index (χ1) is 9.29. The van der Waals surface area contributed by atoms with E-state index in [-0.39, 0.29) is 5.57 Å². The van der Waals surface area contributed by atoms with Crippen LogP contribution in [0.4, 0.5) is 0 Å². The van der Waals surface area contributed by atoms with Crippen LogP contribution in [0.3, 0.4) is 0 Å². The molecule has 19 heavy (non-hydrogen) atoms. The molecule has 0 unspecified atom stereocenters. The van der Waals surface area contributed by atoms with Gasteiger partial charge in [0.25, 0.3) is 5.91 Å². The molecule has 0 aliphatic heterocycles. The highest BCUT2D eigenvalue weighted by atomic mass is 16.1. The van der Waals surface area contributed by atoms with E-state index in [1.54, 1.807) is 42.9 Å². The fraction of sp³-hybridized carbons (Fsp3) is 0.0714. The van der Waals surface area contributed by atoms with Crippen LogP contribution in [0, 0.1) is 11.3 Å².